The highest BCUT2D eigenvalue weighted by Gasteiger charge is 2.45. The molecular formula is C15H19ClFN3O4. The number of carbonyl (C=O) groups is 2. The van der Waals surface area contributed by atoms with E-state index in [2.05, 4.69) is 20.4 Å². The number of amides is 1. The number of aromatic nitrogens is 1. The van der Waals surface area contributed by atoms with Gasteiger partial charge in [0.15, 0.2) is 0 Å². The monoisotopic (exact) mass is 359 g/mol. The van der Waals surface area contributed by atoms with Gasteiger partial charge in [-0.25, -0.2) is 19.0 Å². The van der Waals surface area contributed by atoms with Crippen molar-refractivity contribution in [2.75, 3.05) is 25.6 Å². The van der Waals surface area contributed by atoms with Crippen LogP contribution in [0.3, 0.4) is 0 Å². The second-order valence-electron chi connectivity index (χ2n) is 5.52. The van der Waals surface area contributed by atoms with Crippen LogP contribution < -0.4 is 10.6 Å². The van der Waals surface area contributed by atoms with Gasteiger partial charge in [-0.05, 0) is 13.0 Å². The summed E-state index contributed by atoms with van der Waals surface area (Å²) < 4.78 is 23.7. The third kappa shape index (κ3) is 4.47. The lowest BCUT2D eigenvalue weighted by Gasteiger charge is -2.42. The zero-order valence-corrected chi connectivity index (χ0v) is 14.2. The van der Waals surface area contributed by atoms with Gasteiger partial charge in [-0.15, -0.1) is 0 Å². The number of pyridine rings is 1. The largest absolute Gasteiger partial charge is 0.462 e. The molecule has 0 spiro atoms. The van der Waals surface area contributed by atoms with Gasteiger partial charge in [0.2, 0.25) is 0 Å². The molecule has 0 atom stereocenters. The Morgan fingerprint density at radius 1 is 1.50 bits per heavy atom. The van der Waals surface area contributed by atoms with Crippen molar-refractivity contribution in [1.82, 2.24) is 10.3 Å². The summed E-state index contributed by atoms with van der Waals surface area (Å²) in [6, 6.07) is 1.31. The first-order chi connectivity index (χ1) is 11.4. The van der Waals surface area contributed by atoms with Gasteiger partial charge in [-0.3, -0.25) is 0 Å². The molecule has 0 radical (unpaired) electrons. The third-order valence-electron chi connectivity index (χ3n) is 3.68. The highest BCUT2D eigenvalue weighted by atomic mass is 35.5. The van der Waals surface area contributed by atoms with Gasteiger partial charge in [0, 0.05) is 25.1 Å². The van der Waals surface area contributed by atoms with E-state index in [1.54, 1.807) is 6.92 Å². The SMILES string of the molecule is CCOC(=O)c1cnc(Cl)cc1NC1CC(F)(CNC(=O)OC)C1. The number of methoxy groups -OCH3 is 1. The predicted molar refractivity (Wildman–Crippen MR) is 86.1 cm³/mol. The number of alkyl halides is 1. The van der Waals surface area contributed by atoms with E-state index in [9.17, 15) is 14.0 Å². The van der Waals surface area contributed by atoms with Gasteiger partial charge in [0.1, 0.15) is 16.4 Å². The van der Waals surface area contributed by atoms with Crippen LogP contribution >= 0.6 is 11.6 Å². The Morgan fingerprint density at radius 2 is 2.21 bits per heavy atom. The molecule has 1 saturated carbocycles. The number of carbonyl (C=O) groups excluding carboxylic acids is 2. The second-order valence-corrected chi connectivity index (χ2v) is 5.91. The summed E-state index contributed by atoms with van der Waals surface area (Å²) in [5.41, 5.74) is -0.820. The number of hydrogen-bond acceptors (Lipinski definition) is 6. The molecule has 132 valence electrons. The smallest absolute Gasteiger partial charge is 0.406 e. The van der Waals surface area contributed by atoms with E-state index in [1.807, 2.05) is 0 Å². The summed E-state index contributed by atoms with van der Waals surface area (Å²) in [7, 11) is 1.22. The highest BCUT2D eigenvalue weighted by molar-refractivity contribution is 6.29. The average Bonchev–Trinajstić information content (AvgIpc) is 2.51. The lowest BCUT2D eigenvalue weighted by molar-refractivity contribution is 0.0494. The maximum Gasteiger partial charge on any atom is 0.406 e. The molecule has 2 rings (SSSR count). The van der Waals surface area contributed by atoms with E-state index in [0.29, 0.717) is 5.69 Å². The van der Waals surface area contributed by atoms with Gasteiger partial charge in [-0.1, -0.05) is 11.6 Å². The molecule has 1 aliphatic rings. The normalized spacial score (nSPS) is 22.2. The molecule has 0 saturated heterocycles. The Balaban J connectivity index is 1.97. The minimum atomic E-state index is -1.51. The van der Waals surface area contributed by atoms with Crippen molar-refractivity contribution < 1.29 is 23.5 Å². The molecule has 0 aliphatic heterocycles. The molecule has 0 unspecified atom stereocenters. The summed E-state index contributed by atoms with van der Waals surface area (Å²) in [6.07, 6.45) is 1.01. The minimum Gasteiger partial charge on any atom is -0.462 e. The number of hydrogen-bond donors (Lipinski definition) is 2. The lowest BCUT2D eigenvalue weighted by atomic mass is 9.77. The van der Waals surface area contributed by atoms with Gasteiger partial charge in [0.05, 0.1) is 25.9 Å². The van der Waals surface area contributed by atoms with Crippen LogP contribution in [0.5, 0.6) is 0 Å². The Bertz CT molecular complexity index is 623. The Labute approximate surface area is 143 Å². The summed E-state index contributed by atoms with van der Waals surface area (Å²) in [5.74, 6) is -0.526. The zero-order valence-electron chi connectivity index (χ0n) is 13.4. The lowest BCUT2D eigenvalue weighted by Crippen LogP contribution is -2.54. The van der Waals surface area contributed by atoms with Crippen molar-refractivity contribution in [2.24, 2.45) is 0 Å². The maximum atomic E-state index is 14.4. The standard InChI is InChI=1S/C15H19ClFN3O4/c1-3-24-13(21)10-7-18-12(16)4-11(10)20-9-5-15(17,6-9)8-19-14(22)23-2/h4,7,9H,3,5-6,8H2,1-2H3,(H,18,20)(H,19,22). The maximum absolute atomic E-state index is 14.4. The Hall–Kier alpha value is -2.09. The van der Waals surface area contributed by atoms with Crippen LogP contribution in [0.25, 0.3) is 0 Å². The molecule has 1 amide bonds. The van der Waals surface area contributed by atoms with E-state index < -0.39 is 17.7 Å². The van der Waals surface area contributed by atoms with Crippen LogP contribution in [-0.4, -0.2) is 49.0 Å². The van der Waals surface area contributed by atoms with Crippen LogP contribution in [0.1, 0.15) is 30.1 Å². The van der Waals surface area contributed by atoms with E-state index >= 15 is 0 Å². The molecule has 7 nitrogen and oxygen atoms in total. The van der Waals surface area contributed by atoms with Crippen molar-refractivity contribution in [1.29, 1.82) is 0 Å². The first-order valence-electron chi connectivity index (χ1n) is 7.47. The van der Waals surface area contributed by atoms with Crippen molar-refractivity contribution in [3.8, 4) is 0 Å². The predicted octanol–water partition coefficient (Wildman–Crippen LogP) is 2.55. The molecule has 9 heteroatoms. The molecule has 2 N–H and O–H groups in total. The van der Waals surface area contributed by atoms with Gasteiger partial charge in [-0.2, -0.15) is 0 Å². The fourth-order valence-electron chi connectivity index (χ4n) is 2.51. The van der Waals surface area contributed by atoms with Crippen molar-refractivity contribution in [3.05, 3.63) is 23.0 Å². The van der Waals surface area contributed by atoms with Crippen LogP contribution in [0.4, 0.5) is 14.9 Å². The molecule has 1 heterocycles. The summed E-state index contributed by atoms with van der Waals surface area (Å²) in [4.78, 5) is 26.8. The quantitative estimate of drug-likeness (QED) is 0.599. The average molecular weight is 360 g/mol. The molecule has 1 aromatic rings. The van der Waals surface area contributed by atoms with Crippen molar-refractivity contribution in [3.63, 3.8) is 0 Å². The first kappa shape index (κ1) is 18.3. The molecule has 1 aliphatic carbocycles. The minimum absolute atomic E-state index is 0.125. The van der Waals surface area contributed by atoms with E-state index in [-0.39, 0.29) is 42.8 Å². The zero-order chi connectivity index (χ0) is 17.7. The van der Waals surface area contributed by atoms with Crippen LogP contribution in [-0.2, 0) is 9.47 Å². The van der Waals surface area contributed by atoms with Crippen LogP contribution in [0.2, 0.25) is 5.15 Å². The van der Waals surface area contributed by atoms with E-state index in [1.165, 1.54) is 19.4 Å². The number of anilines is 1. The van der Waals surface area contributed by atoms with Gasteiger partial charge < -0.3 is 20.1 Å². The van der Waals surface area contributed by atoms with Crippen molar-refractivity contribution >= 4 is 29.4 Å². The topological polar surface area (TPSA) is 89.5 Å². The number of alkyl carbamates (subject to hydrolysis) is 1. The number of rotatable bonds is 6. The molecule has 24 heavy (non-hydrogen) atoms. The summed E-state index contributed by atoms with van der Waals surface area (Å²) in [5, 5.41) is 5.63. The third-order valence-corrected chi connectivity index (χ3v) is 3.89. The first-order valence-corrected chi connectivity index (χ1v) is 7.84. The molecule has 1 aromatic heterocycles. The van der Waals surface area contributed by atoms with Crippen LogP contribution in [0.15, 0.2) is 12.3 Å². The van der Waals surface area contributed by atoms with E-state index in [0.717, 1.165) is 0 Å². The highest BCUT2D eigenvalue weighted by Crippen LogP contribution is 2.38. The van der Waals surface area contributed by atoms with Gasteiger partial charge in [0.25, 0.3) is 0 Å². The Kier molecular flexibility index (Phi) is 5.82. The number of nitrogens with one attached hydrogen (secondary N) is 2. The molecule has 0 bridgehead atoms. The van der Waals surface area contributed by atoms with Gasteiger partial charge >= 0.3 is 12.1 Å². The molecular weight excluding hydrogens is 341 g/mol. The van der Waals surface area contributed by atoms with E-state index in [4.69, 9.17) is 16.3 Å². The fraction of sp³-hybridized carbons (Fsp3) is 0.533. The number of ether oxygens (including phenoxy) is 2. The molecule has 0 aromatic carbocycles. The number of nitrogens with zero attached hydrogens (tertiary/aromatic N) is 1. The van der Waals surface area contributed by atoms with Crippen molar-refractivity contribution in [2.45, 2.75) is 31.5 Å². The summed E-state index contributed by atoms with van der Waals surface area (Å²) >= 11 is 5.86. The molecule has 1 fully saturated rings. The number of halogens is 2. The Morgan fingerprint density at radius 3 is 2.83 bits per heavy atom. The van der Waals surface area contributed by atoms with Crippen LogP contribution in [0, 0.1) is 0 Å². The fourth-order valence-corrected chi connectivity index (χ4v) is 2.67. The number of esters is 1. The second kappa shape index (κ2) is 7.65. The summed E-state index contributed by atoms with van der Waals surface area (Å²) in [6.45, 7) is 1.81.